The zero-order chi connectivity index (χ0) is 92.4. The van der Waals surface area contributed by atoms with Crippen molar-refractivity contribution in [2.75, 3.05) is 191 Å². The smallest absolute Gasteiger partial charge is 0.319 e. The van der Waals surface area contributed by atoms with Crippen LogP contribution >= 0.6 is 69.6 Å². The van der Waals surface area contributed by atoms with E-state index in [0.29, 0.717) is 183 Å². The van der Waals surface area contributed by atoms with Crippen LogP contribution in [0.25, 0.3) is 0 Å². The van der Waals surface area contributed by atoms with E-state index in [1.54, 1.807) is 66.7 Å². The van der Waals surface area contributed by atoms with Gasteiger partial charge in [0, 0.05) is 145 Å². The predicted molar refractivity (Wildman–Crippen MR) is 502 cm³/mol. The molecule has 2 amide bonds. The van der Waals surface area contributed by atoms with Crippen LogP contribution in [0.5, 0.6) is 0 Å². The summed E-state index contributed by atoms with van der Waals surface area (Å²) >= 11 is 38.2. The molecule has 3 aliphatic heterocycles. The van der Waals surface area contributed by atoms with Crippen molar-refractivity contribution in [3.05, 3.63) is 253 Å². The van der Waals surface area contributed by atoms with Crippen LogP contribution in [0, 0.1) is 9.81 Å². The molecule has 8 aromatic rings. The SMILES string of the molecule is CCNC(=O)Nc1ccc(CC(=O)CCCOCCOCCOCCCS(=O)(=O)c2ccc(C3CN(C)Cc4c(Cl)cc(Cl)cc43)cc2)cc1.CCOCCOCCOCCNS(=O)(=O)c1ccc(C2CN(C)Cc3c(Cl)cc(Cl)cc32)cc1.CN1Cc2c(Cl)cc(Cl)cc2C(c2ccc(S(=O)(=O)NCCOCCOCCOCN)cc2)C1.O=Nc1ccc(N=O)cc1. The Hall–Kier alpha value is -7.11. The summed E-state index contributed by atoms with van der Waals surface area (Å²) < 4.78 is 130. The molecule has 3 aliphatic rings. The number of carbonyl (C=O) groups is 2. The van der Waals surface area contributed by atoms with E-state index in [9.17, 15) is 44.7 Å². The van der Waals surface area contributed by atoms with Crippen molar-refractivity contribution in [3.63, 3.8) is 0 Å². The number of carbonyl (C=O) groups excluding carboxylic acids is 2. The van der Waals surface area contributed by atoms with Crippen molar-refractivity contribution < 1.29 is 77.5 Å². The van der Waals surface area contributed by atoms with Crippen molar-refractivity contribution in [3.8, 4) is 0 Å². The molecule has 6 N–H and O–H groups in total. The van der Waals surface area contributed by atoms with Gasteiger partial charge in [0.1, 0.15) is 17.2 Å². The average molecular weight is 1950 g/mol. The van der Waals surface area contributed by atoms with Crippen LogP contribution in [-0.2, 0) is 103 Å². The Bertz CT molecular complexity index is 4950. The number of halogens is 6. The van der Waals surface area contributed by atoms with E-state index >= 15 is 0 Å². The maximum absolute atomic E-state index is 12.9. The van der Waals surface area contributed by atoms with Crippen molar-refractivity contribution in [1.29, 1.82) is 0 Å². The highest BCUT2D eigenvalue weighted by molar-refractivity contribution is 7.91. The van der Waals surface area contributed by atoms with E-state index in [-0.39, 0.29) is 78.1 Å². The van der Waals surface area contributed by atoms with Gasteiger partial charge in [0.05, 0.1) is 120 Å². The van der Waals surface area contributed by atoms with Gasteiger partial charge in [-0.25, -0.2) is 39.5 Å². The molecule has 0 aliphatic carbocycles. The number of ketones is 1. The van der Waals surface area contributed by atoms with Crippen molar-refractivity contribution >= 4 is 128 Å². The summed E-state index contributed by atoms with van der Waals surface area (Å²) in [6.07, 6.45) is 1.77. The number of Topliss-reactive ketones (excluding diaryl/α,β-unsaturated/α-hetero) is 1. The number of hydrogen-bond donors (Lipinski definition) is 5. The number of hydrogen-bond acceptors (Lipinski definition) is 25. The second-order valence-electron chi connectivity index (χ2n) is 30.0. The molecule has 0 spiro atoms. The van der Waals surface area contributed by atoms with Gasteiger partial charge in [-0.15, -0.1) is 9.81 Å². The van der Waals surface area contributed by atoms with Crippen LogP contribution in [-0.4, -0.2) is 237 Å². The molecule has 0 aromatic heterocycles. The molecule has 3 heterocycles. The number of rotatable bonds is 48. The molecule has 0 saturated heterocycles. The first-order chi connectivity index (χ1) is 61.5. The number of anilines is 1. The lowest BCUT2D eigenvalue weighted by atomic mass is 9.85. The summed E-state index contributed by atoms with van der Waals surface area (Å²) in [4.78, 5) is 50.9. The zero-order valence-electron chi connectivity index (χ0n) is 72.4. The van der Waals surface area contributed by atoms with E-state index in [4.69, 9.17) is 118 Å². The fourth-order valence-corrected chi connectivity index (χ4v) is 19.2. The molecule has 8 aromatic carbocycles. The highest BCUT2D eigenvalue weighted by atomic mass is 35.5. The van der Waals surface area contributed by atoms with Gasteiger partial charge in [-0.1, -0.05) is 118 Å². The first-order valence-electron chi connectivity index (χ1n) is 41.9. The number of nitrogens with two attached hydrogens (primary N) is 1. The lowest BCUT2D eigenvalue weighted by Crippen LogP contribution is -2.31. The van der Waals surface area contributed by atoms with Gasteiger partial charge >= 0.3 is 6.03 Å². The molecule has 0 fully saturated rings. The van der Waals surface area contributed by atoms with Crippen LogP contribution in [0.2, 0.25) is 30.1 Å². The normalized spacial score (nSPS) is 15.2. The monoisotopic (exact) mass is 1940 g/mol. The minimum absolute atomic E-state index is 0.00721. The molecule has 29 nitrogen and oxygen atoms in total. The molecule has 11 rings (SSSR count). The molecule has 0 bridgehead atoms. The van der Waals surface area contributed by atoms with Crippen LogP contribution < -0.4 is 25.8 Å². The van der Waals surface area contributed by atoms with Crippen molar-refractivity contribution in [1.82, 2.24) is 29.5 Å². The molecular weight excluding hydrogens is 1830 g/mol. The molecular formula is C90H114Cl6N10O19S3. The summed E-state index contributed by atoms with van der Waals surface area (Å²) in [7, 11) is -4.61. The third-order valence-corrected chi connectivity index (χ3v) is 26.8. The van der Waals surface area contributed by atoms with E-state index in [0.717, 1.165) is 94.9 Å². The van der Waals surface area contributed by atoms with Crippen LogP contribution in [0.1, 0.15) is 106 Å². The van der Waals surface area contributed by atoms with Crippen LogP contribution in [0.3, 0.4) is 0 Å². The Labute approximate surface area is 781 Å². The van der Waals surface area contributed by atoms with Gasteiger partial charge in [0.2, 0.25) is 20.0 Å². The molecule has 38 heteroatoms. The number of nitrogens with one attached hydrogen (secondary N) is 4. The fourth-order valence-electron chi connectivity index (χ4n) is 14.1. The Morgan fingerprint density at radius 1 is 0.430 bits per heavy atom. The van der Waals surface area contributed by atoms with Crippen molar-refractivity contribution in [2.24, 2.45) is 16.1 Å². The second kappa shape index (κ2) is 56.0. The number of sulfone groups is 1. The quantitative estimate of drug-likeness (QED) is 0.0134. The number of urea groups is 1. The number of nitroso groups, excluding NO2 is 2. The topological polar surface area (TPSA) is 362 Å². The van der Waals surface area contributed by atoms with Crippen molar-refractivity contribution in [2.45, 2.75) is 91.6 Å². The standard InChI is InChI=1S/C37H47Cl2N3O7S.C24H32Cl2N2O5S.C23H31Cl2N3O5S.C6H4N2O2/c1-3-40-37(44)41-30-11-7-27(8-12-30)22-31(43)6-4-15-47-17-19-49-20-18-48-16-5-21-50(45,46)32-13-9-28(10-14-32)34-25-42(2)26-35-33(34)23-29(38)24-36(35)39;1-3-31-10-11-33-13-12-32-9-8-27-34(29,30)20-6-4-18(5-7-20)22-16-28(2)17-23-21(22)14-19(25)15-24(23)26;1-28-14-21(20-12-18(24)13-23(25)22(20)15-28)17-2-4-19(5-3-17)34(29,30)27-6-7-31-8-9-32-10-11-33-16-26;9-7-5-1-2-6(8-10)4-3-5/h7-14,23-24,34H,3-6,15-22,25-26H2,1-2H3,(H2,40,41,44);4-7,14-15,22,27H,3,8-13,16-17H2,1-2H3;2-5,12-13,21,27H,6-11,14-16,26H2,1H3;1-4H. The molecule has 3 unspecified atom stereocenters. The van der Waals surface area contributed by atoms with Gasteiger partial charge in [-0.2, -0.15) is 0 Å². The third-order valence-electron chi connectivity index (χ3n) is 20.4. The number of ether oxygens (including phenoxy) is 9. The second-order valence-corrected chi connectivity index (χ2v) is 38.2. The molecule has 0 radical (unpaired) electrons. The number of likely N-dealkylation sites (N-methyl/N-ethyl adjacent to an activating group) is 3. The van der Waals surface area contributed by atoms with Gasteiger partial charge in [-0.05, 0) is 223 Å². The average Bonchev–Trinajstić information content (AvgIpc) is 0.782. The third kappa shape index (κ3) is 35.8. The molecule has 3 atom stereocenters. The maximum atomic E-state index is 12.9. The molecule has 0 saturated carbocycles. The first kappa shape index (κ1) is 106. The summed E-state index contributed by atoms with van der Waals surface area (Å²) in [5.41, 5.74) is 16.8. The highest BCUT2D eigenvalue weighted by Gasteiger charge is 2.32. The predicted octanol–water partition coefficient (Wildman–Crippen LogP) is 15.7. The Balaban J connectivity index is 0.000000230. The number of fused-ring (bicyclic) bond motifs is 3. The summed E-state index contributed by atoms with van der Waals surface area (Å²) in [6.45, 7) is 16.5. The summed E-state index contributed by atoms with van der Waals surface area (Å²) in [5, 5.41) is 14.4. The number of nitrogens with zero attached hydrogens (tertiary/aromatic N) is 5. The maximum Gasteiger partial charge on any atom is 0.319 e. The molecule has 128 heavy (non-hydrogen) atoms. The first-order valence-corrected chi connectivity index (χ1v) is 48.8. The van der Waals surface area contributed by atoms with E-state index in [1.807, 2.05) is 102 Å². The lowest BCUT2D eigenvalue weighted by molar-refractivity contribution is -0.118. The largest absolute Gasteiger partial charge is 0.379 e. The minimum atomic E-state index is -3.64. The molecule has 698 valence electrons. The fraction of sp³-hybridized carbons (Fsp3) is 0.444. The van der Waals surface area contributed by atoms with E-state index < -0.39 is 29.9 Å². The Morgan fingerprint density at radius 2 is 0.773 bits per heavy atom. The lowest BCUT2D eigenvalue weighted by Gasteiger charge is -2.33. The highest BCUT2D eigenvalue weighted by Crippen LogP contribution is 2.42. The summed E-state index contributed by atoms with van der Waals surface area (Å²) in [6, 6.07) is 44.9. The number of amides is 2. The van der Waals surface area contributed by atoms with E-state index in [2.05, 4.69) is 45.1 Å². The van der Waals surface area contributed by atoms with Gasteiger partial charge in [-0.3, -0.25) is 4.79 Å². The number of benzene rings is 8. The van der Waals surface area contributed by atoms with Gasteiger partial charge in [0.25, 0.3) is 0 Å². The zero-order valence-corrected chi connectivity index (χ0v) is 79.4. The Morgan fingerprint density at radius 3 is 1.13 bits per heavy atom. The van der Waals surface area contributed by atoms with Gasteiger partial charge < -0.3 is 73.7 Å². The van der Waals surface area contributed by atoms with Gasteiger partial charge in [0.15, 0.2) is 9.84 Å². The summed E-state index contributed by atoms with van der Waals surface area (Å²) in [5.74, 6) is 0.268. The van der Waals surface area contributed by atoms with Crippen LogP contribution in [0.4, 0.5) is 21.9 Å². The minimum Gasteiger partial charge on any atom is -0.379 e. The van der Waals surface area contributed by atoms with E-state index in [1.165, 1.54) is 24.3 Å². The number of sulfonamides is 2. The Kier molecular flexibility index (Phi) is 46.5. The van der Waals surface area contributed by atoms with Crippen LogP contribution in [0.15, 0.2) is 183 Å².